The predicted octanol–water partition coefficient (Wildman–Crippen LogP) is 1.80. The summed E-state index contributed by atoms with van der Waals surface area (Å²) in [5, 5.41) is 1.89. The summed E-state index contributed by atoms with van der Waals surface area (Å²) < 4.78 is 40.9. The number of halogens is 4. The summed E-state index contributed by atoms with van der Waals surface area (Å²) in [6, 6.07) is -0.578. The van der Waals surface area contributed by atoms with Crippen molar-refractivity contribution in [3.8, 4) is 0 Å². The molecule has 0 radical (unpaired) electrons. The quantitative estimate of drug-likeness (QED) is 0.716. The van der Waals surface area contributed by atoms with Crippen LogP contribution in [-0.2, 0) is 9.53 Å². The third-order valence-corrected chi connectivity index (χ3v) is 2.34. The fourth-order valence-electron chi connectivity index (χ4n) is 1.47. The van der Waals surface area contributed by atoms with Crippen molar-refractivity contribution >= 4 is 17.5 Å². The van der Waals surface area contributed by atoms with Gasteiger partial charge in [-0.05, 0) is 13.3 Å². The van der Waals surface area contributed by atoms with E-state index in [9.17, 15) is 18.0 Å². The Balaban J connectivity index is 2.48. The molecule has 1 N–H and O–H groups in total. The average molecular weight is 246 g/mol. The third-order valence-electron chi connectivity index (χ3n) is 2.06. The molecule has 1 saturated heterocycles. The number of hydrogen-bond donors (Lipinski definition) is 1. The first-order chi connectivity index (χ1) is 6.79. The first-order valence-corrected chi connectivity index (χ1v) is 4.90. The van der Waals surface area contributed by atoms with Crippen LogP contribution in [0.2, 0.25) is 0 Å². The number of rotatable bonds is 1. The monoisotopic (exact) mass is 245 g/mol. The summed E-state index contributed by atoms with van der Waals surface area (Å²) in [6.07, 6.45) is -4.57. The third kappa shape index (κ3) is 3.87. The van der Waals surface area contributed by atoms with E-state index in [-0.39, 0.29) is 12.5 Å². The molecule has 1 rings (SSSR count). The molecule has 0 bridgehead atoms. The van der Waals surface area contributed by atoms with Gasteiger partial charge in [-0.2, -0.15) is 13.2 Å². The summed E-state index contributed by atoms with van der Waals surface area (Å²) in [4.78, 5) is 10.6. The van der Waals surface area contributed by atoms with E-state index in [2.05, 4.69) is 0 Å². The maximum atomic E-state index is 11.9. The lowest BCUT2D eigenvalue weighted by molar-refractivity contribution is -0.175. The maximum Gasteiger partial charge on any atom is 0.471 e. The predicted molar refractivity (Wildman–Crippen MR) is 47.4 cm³/mol. The van der Waals surface area contributed by atoms with Crippen LogP contribution in [0, 0.1) is 0 Å². The molecule has 0 aromatic rings. The van der Waals surface area contributed by atoms with Crippen LogP contribution in [0.1, 0.15) is 19.8 Å². The maximum absolute atomic E-state index is 11.9. The highest BCUT2D eigenvalue weighted by atomic mass is 35.5. The number of carbonyl (C=O) groups is 1. The Labute approximate surface area is 89.9 Å². The van der Waals surface area contributed by atoms with Crippen LogP contribution in [0.25, 0.3) is 0 Å². The van der Waals surface area contributed by atoms with E-state index in [1.54, 1.807) is 6.92 Å². The van der Waals surface area contributed by atoms with Crippen molar-refractivity contribution in [2.24, 2.45) is 0 Å². The summed E-state index contributed by atoms with van der Waals surface area (Å²) >= 11 is 5.65. The van der Waals surface area contributed by atoms with Crippen molar-refractivity contribution in [1.82, 2.24) is 5.32 Å². The van der Waals surface area contributed by atoms with Gasteiger partial charge in [0.05, 0.1) is 6.10 Å². The van der Waals surface area contributed by atoms with Gasteiger partial charge in [0.2, 0.25) is 0 Å². The highest BCUT2D eigenvalue weighted by molar-refractivity contribution is 6.19. The van der Waals surface area contributed by atoms with Crippen LogP contribution >= 0.6 is 11.6 Å². The molecule has 0 spiro atoms. The minimum atomic E-state index is -4.84. The Morgan fingerprint density at radius 2 is 2.07 bits per heavy atom. The van der Waals surface area contributed by atoms with Crippen molar-refractivity contribution in [2.75, 3.05) is 0 Å². The fraction of sp³-hybridized carbons (Fsp3) is 0.875. The van der Waals surface area contributed by atoms with Crippen molar-refractivity contribution in [1.29, 1.82) is 0 Å². The van der Waals surface area contributed by atoms with Crippen LogP contribution in [0.3, 0.4) is 0 Å². The molecule has 7 heteroatoms. The fourth-order valence-corrected chi connectivity index (χ4v) is 1.86. The summed E-state index contributed by atoms with van der Waals surface area (Å²) in [6.45, 7) is 1.70. The lowest BCUT2D eigenvalue weighted by Crippen LogP contribution is -2.47. The zero-order valence-electron chi connectivity index (χ0n) is 7.97. The second-order valence-corrected chi connectivity index (χ2v) is 3.98. The molecule has 1 heterocycles. The van der Waals surface area contributed by atoms with E-state index in [1.807, 2.05) is 5.32 Å². The standard InChI is InChI=1S/C8H11ClF3NO2/c1-4-2-5(3-6(9)15-4)13-7(14)8(10,11)12/h4-6H,2-3H2,1H3,(H,13,14)/t4-,5-,6?/m0/s1. The number of hydrogen-bond acceptors (Lipinski definition) is 2. The summed E-state index contributed by atoms with van der Waals surface area (Å²) in [5.74, 6) is -1.93. The largest absolute Gasteiger partial charge is 0.471 e. The van der Waals surface area contributed by atoms with Crippen LogP contribution in [0.15, 0.2) is 0 Å². The van der Waals surface area contributed by atoms with E-state index >= 15 is 0 Å². The molecular formula is C8H11ClF3NO2. The number of amides is 1. The van der Waals surface area contributed by atoms with Crippen molar-refractivity contribution in [3.63, 3.8) is 0 Å². The van der Waals surface area contributed by atoms with Gasteiger partial charge in [0.1, 0.15) is 5.56 Å². The molecule has 1 fully saturated rings. The van der Waals surface area contributed by atoms with E-state index in [4.69, 9.17) is 16.3 Å². The Kier molecular flexibility index (Phi) is 3.83. The van der Waals surface area contributed by atoms with Gasteiger partial charge in [0.25, 0.3) is 0 Å². The van der Waals surface area contributed by atoms with Crippen molar-refractivity contribution in [3.05, 3.63) is 0 Å². The van der Waals surface area contributed by atoms with Crippen LogP contribution < -0.4 is 5.32 Å². The number of carbonyl (C=O) groups excluding carboxylic acids is 1. The van der Waals surface area contributed by atoms with Gasteiger partial charge in [-0.15, -0.1) is 0 Å². The Hall–Kier alpha value is -0.490. The second-order valence-electron chi connectivity index (χ2n) is 3.50. The molecule has 0 aromatic heterocycles. The molecule has 0 saturated carbocycles. The molecule has 1 aliphatic heterocycles. The molecule has 1 unspecified atom stereocenters. The van der Waals surface area contributed by atoms with Crippen molar-refractivity contribution < 1.29 is 22.7 Å². The minimum Gasteiger partial charge on any atom is -0.359 e. The molecule has 0 aromatic carbocycles. The average Bonchev–Trinajstić information content (AvgIpc) is 1.99. The van der Waals surface area contributed by atoms with Crippen molar-refractivity contribution in [2.45, 2.75) is 43.7 Å². The first-order valence-electron chi connectivity index (χ1n) is 4.46. The van der Waals surface area contributed by atoms with Crippen LogP contribution in [0.5, 0.6) is 0 Å². The Morgan fingerprint density at radius 3 is 2.53 bits per heavy atom. The van der Waals surface area contributed by atoms with Gasteiger partial charge in [-0.25, -0.2) is 0 Å². The van der Waals surface area contributed by atoms with E-state index in [0.29, 0.717) is 6.42 Å². The molecule has 88 valence electrons. The molecule has 1 amide bonds. The van der Waals surface area contributed by atoms with Gasteiger partial charge in [-0.3, -0.25) is 4.79 Å². The van der Waals surface area contributed by atoms with Gasteiger partial charge >= 0.3 is 12.1 Å². The molecule has 15 heavy (non-hydrogen) atoms. The number of nitrogens with one attached hydrogen (secondary N) is 1. The highest BCUT2D eigenvalue weighted by Crippen LogP contribution is 2.23. The Morgan fingerprint density at radius 1 is 1.47 bits per heavy atom. The summed E-state index contributed by atoms with van der Waals surface area (Å²) in [5.41, 5.74) is -0.646. The molecule has 0 aliphatic carbocycles. The van der Waals surface area contributed by atoms with E-state index in [1.165, 1.54) is 0 Å². The van der Waals surface area contributed by atoms with Gasteiger partial charge < -0.3 is 10.1 Å². The van der Waals surface area contributed by atoms with E-state index < -0.39 is 23.7 Å². The smallest absolute Gasteiger partial charge is 0.359 e. The van der Waals surface area contributed by atoms with Gasteiger partial charge in [0, 0.05) is 12.5 Å². The molecule has 1 aliphatic rings. The van der Waals surface area contributed by atoms with Crippen LogP contribution in [-0.4, -0.2) is 29.8 Å². The lowest BCUT2D eigenvalue weighted by Gasteiger charge is -2.31. The molecule has 3 atom stereocenters. The number of ether oxygens (including phenoxy) is 1. The number of alkyl halides is 4. The highest BCUT2D eigenvalue weighted by Gasteiger charge is 2.40. The molecule has 3 nitrogen and oxygen atoms in total. The van der Waals surface area contributed by atoms with Gasteiger partial charge in [-0.1, -0.05) is 11.6 Å². The van der Waals surface area contributed by atoms with E-state index in [0.717, 1.165) is 0 Å². The van der Waals surface area contributed by atoms with Gasteiger partial charge in [0.15, 0.2) is 0 Å². The Bertz CT molecular complexity index is 237. The lowest BCUT2D eigenvalue weighted by atomic mass is 10.0. The van der Waals surface area contributed by atoms with Crippen LogP contribution in [0.4, 0.5) is 13.2 Å². The second kappa shape index (κ2) is 4.57. The minimum absolute atomic E-state index is 0.188. The first kappa shape index (κ1) is 12.6. The SMILES string of the molecule is C[C@H]1C[C@H](NC(=O)C(F)(F)F)CC(Cl)O1. The topological polar surface area (TPSA) is 38.3 Å². The zero-order valence-corrected chi connectivity index (χ0v) is 8.73. The normalized spacial score (nSPS) is 32.5. The zero-order chi connectivity index (χ0) is 11.6. The molecular weight excluding hydrogens is 235 g/mol. The summed E-state index contributed by atoms with van der Waals surface area (Å²) in [7, 11) is 0.